The maximum Gasteiger partial charge on any atom is 0.407 e. The summed E-state index contributed by atoms with van der Waals surface area (Å²) in [6.45, 7) is 0.238. The number of hydrogen-bond donors (Lipinski definition) is 3. The van der Waals surface area contributed by atoms with E-state index in [1.807, 2.05) is 24.3 Å². The van der Waals surface area contributed by atoms with Crippen molar-refractivity contribution in [2.75, 3.05) is 6.61 Å². The van der Waals surface area contributed by atoms with Gasteiger partial charge in [-0.3, -0.25) is 9.59 Å². The van der Waals surface area contributed by atoms with Gasteiger partial charge in [-0.1, -0.05) is 55.0 Å². The van der Waals surface area contributed by atoms with Gasteiger partial charge in [-0.15, -0.1) is 0 Å². The van der Waals surface area contributed by atoms with Gasteiger partial charge in [0.05, 0.1) is 5.92 Å². The molecule has 7 nitrogen and oxygen atoms in total. The second-order valence-corrected chi connectivity index (χ2v) is 10.1. The van der Waals surface area contributed by atoms with Crippen LogP contribution >= 0.6 is 0 Å². The summed E-state index contributed by atoms with van der Waals surface area (Å²) in [6, 6.07) is 16.0. The number of aliphatic carboxylic acids is 1. The number of amides is 2. The fourth-order valence-corrected chi connectivity index (χ4v) is 5.66. The number of alkyl carbamates (subject to hydrolysis) is 1. The molecule has 5 rings (SSSR count). The number of carbonyl (C=O) groups excluding carboxylic acids is 2. The quantitative estimate of drug-likeness (QED) is 0.522. The summed E-state index contributed by atoms with van der Waals surface area (Å²) < 4.78 is 5.67. The molecule has 2 fully saturated rings. The van der Waals surface area contributed by atoms with Gasteiger partial charge in [0.2, 0.25) is 5.91 Å². The Bertz CT molecular complexity index is 1070. The van der Waals surface area contributed by atoms with Crippen LogP contribution in [0.15, 0.2) is 48.5 Å². The van der Waals surface area contributed by atoms with Crippen LogP contribution in [-0.4, -0.2) is 41.8 Å². The molecule has 0 radical (unpaired) electrons. The molecule has 3 aliphatic carbocycles. The molecule has 2 aromatic carbocycles. The third-order valence-corrected chi connectivity index (χ3v) is 7.63. The van der Waals surface area contributed by atoms with Crippen LogP contribution in [0.25, 0.3) is 11.1 Å². The Morgan fingerprint density at radius 1 is 0.943 bits per heavy atom. The van der Waals surface area contributed by atoms with E-state index in [-0.39, 0.29) is 42.9 Å². The van der Waals surface area contributed by atoms with Gasteiger partial charge in [0.25, 0.3) is 0 Å². The van der Waals surface area contributed by atoms with E-state index >= 15 is 0 Å². The molecular weight excluding hydrogens is 444 g/mol. The molecule has 3 atom stereocenters. The third-order valence-electron chi connectivity index (χ3n) is 7.63. The average Bonchev–Trinajstić information content (AvgIpc) is 3.65. The first-order chi connectivity index (χ1) is 17.0. The number of carboxylic acid groups (broad SMARTS) is 1. The van der Waals surface area contributed by atoms with Gasteiger partial charge in [-0.05, 0) is 60.3 Å². The molecule has 1 unspecified atom stereocenters. The van der Waals surface area contributed by atoms with Crippen molar-refractivity contribution < 1.29 is 24.2 Å². The van der Waals surface area contributed by atoms with Crippen molar-refractivity contribution in [1.29, 1.82) is 0 Å². The molecule has 35 heavy (non-hydrogen) atoms. The lowest BCUT2D eigenvalue weighted by molar-refractivity contribution is -0.143. The fourth-order valence-electron chi connectivity index (χ4n) is 5.66. The van der Waals surface area contributed by atoms with Crippen LogP contribution < -0.4 is 10.6 Å². The van der Waals surface area contributed by atoms with E-state index in [4.69, 9.17) is 4.74 Å². The van der Waals surface area contributed by atoms with Crippen molar-refractivity contribution in [3.63, 3.8) is 0 Å². The Labute approximate surface area is 205 Å². The van der Waals surface area contributed by atoms with E-state index in [2.05, 4.69) is 34.9 Å². The van der Waals surface area contributed by atoms with Crippen molar-refractivity contribution in [3.05, 3.63) is 59.7 Å². The van der Waals surface area contributed by atoms with E-state index in [1.54, 1.807) is 0 Å². The lowest BCUT2D eigenvalue weighted by atomic mass is 9.85. The number of benzene rings is 2. The van der Waals surface area contributed by atoms with Gasteiger partial charge in [0, 0.05) is 24.4 Å². The Hall–Kier alpha value is -3.35. The van der Waals surface area contributed by atoms with Gasteiger partial charge in [-0.2, -0.15) is 0 Å². The van der Waals surface area contributed by atoms with E-state index < -0.39 is 18.0 Å². The maximum atomic E-state index is 12.7. The maximum absolute atomic E-state index is 12.7. The molecule has 7 heteroatoms. The molecule has 3 N–H and O–H groups in total. The Balaban J connectivity index is 1.15. The SMILES string of the molecule is O=C(CC(NC(=O)OCC1c2ccccc2-c2ccccc21)C1CC1)N[C@@H]1CCC[C@@H](C(=O)O)C1. The molecular formula is C28H32N2O5. The monoisotopic (exact) mass is 476 g/mol. The fraction of sp³-hybridized carbons (Fsp3) is 0.464. The van der Waals surface area contributed by atoms with Crippen LogP contribution in [0.1, 0.15) is 62.0 Å². The highest BCUT2D eigenvalue weighted by Gasteiger charge is 2.36. The summed E-state index contributed by atoms with van der Waals surface area (Å²) in [6.07, 6.45) is 4.36. The van der Waals surface area contributed by atoms with E-state index in [1.165, 1.54) is 11.1 Å². The lowest BCUT2D eigenvalue weighted by Crippen LogP contribution is -2.45. The predicted molar refractivity (Wildman–Crippen MR) is 131 cm³/mol. The zero-order chi connectivity index (χ0) is 24.4. The number of nitrogens with one attached hydrogen (secondary N) is 2. The zero-order valence-corrected chi connectivity index (χ0v) is 19.7. The minimum atomic E-state index is -0.795. The third kappa shape index (κ3) is 5.34. The second-order valence-electron chi connectivity index (χ2n) is 10.1. The number of fused-ring (bicyclic) bond motifs is 3. The Morgan fingerprint density at radius 3 is 2.23 bits per heavy atom. The highest BCUT2D eigenvalue weighted by molar-refractivity contribution is 5.80. The van der Waals surface area contributed by atoms with Crippen LogP contribution in [0.2, 0.25) is 0 Å². The molecule has 2 amide bonds. The molecule has 0 aromatic heterocycles. The summed E-state index contributed by atoms with van der Waals surface area (Å²) in [7, 11) is 0. The average molecular weight is 477 g/mol. The topological polar surface area (TPSA) is 105 Å². The van der Waals surface area contributed by atoms with Gasteiger partial charge >= 0.3 is 12.1 Å². The Morgan fingerprint density at radius 2 is 1.60 bits per heavy atom. The highest BCUT2D eigenvalue weighted by Crippen LogP contribution is 2.44. The van der Waals surface area contributed by atoms with Crippen molar-refractivity contribution in [2.24, 2.45) is 11.8 Å². The smallest absolute Gasteiger partial charge is 0.407 e. The minimum absolute atomic E-state index is 0.00990. The van der Waals surface area contributed by atoms with Crippen molar-refractivity contribution in [3.8, 4) is 11.1 Å². The number of hydrogen-bond acceptors (Lipinski definition) is 4. The van der Waals surface area contributed by atoms with E-state index in [9.17, 15) is 19.5 Å². The lowest BCUT2D eigenvalue weighted by Gasteiger charge is -2.28. The van der Waals surface area contributed by atoms with Crippen LogP contribution in [0.3, 0.4) is 0 Å². The normalized spacial score (nSPS) is 21.9. The molecule has 0 aliphatic heterocycles. The standard InChI is InChI=1S/C28H32N2O5/c31-26(29-19-7-5-6-18(14-19)27(32)33)15-25(17-12-13-17)30-28(34)35-16-24-22-10-3-1-8-20(22)21-9-2-4-11-23(21)24/h1-4,8-11,17-19,24-25H,5-7,12-16H2,(H,29,31)(H,30,34)(H,32,33)/t18-,19-,25?/m1/s1. The van der Waals surface area contributed by atoms with Crippen LogP contribution in [-0.2, 0) is 14.3 Å². The summed E-state index contributed by atoms with van der Waals surface area (Å²) in [5.41, 5.74) is 4.67. The molecule has 0 heterocycles. The summed E-state index contributed by atoms with van der Waals surface area (Å²) >= 11 is 0. The molecule has 184 valence electrons. The molecule has 0 saturated heterocycles. The van der Waals surface area contributed by atoms with Gasteiger partial charge in [0.1, 0.15) is 6.61 Å². The molecule has 2 saturated carbocycles. The number of carboxylic acids is 1. The number of rotatable bonds is 8. The summed E-state index contributed by atoms with van der Waals surface area (Å²) in [5, 5.41) is 15.2. The van der Waals surface area contributed by atoms with E-state index in [0.29, 0.717) is 12.8 Å². The Kier molecular flexibility index (Phi) is 6.75. The van der Waals surface area contributed by atoms with Crippen molar-refractivity contribution in [2.45, 2.75) is 62.9 Å². The number of ether oxygens (including phenoxy) is 1. The molecule has 2 aromatic rings. The van der Waals surface area contributed by atoms with Gasteiger partial charge < -0.3 is 20.5 Å². The van der Waals surface area contributed by atoms with Crippen LogP contribution in [0.5, 0.6) is 0 Å². The van der Waals surface area contributed by atoms with Gasteiger partial charge in [0.15, 0.2) is 0 Å². The van der Waals surface area contributed by atoms with Crippen molar-refractivity contribution >= 4 is 18.0 Å². The summed E-state index contributed by atoms with van der Waals surface area (Å²) in [4.78, 5) is 36.7. The minimum Gasteiger partial charge on any atom is -0.481 e. The van der Waals surface area contributed by atoms with Gasteiger partial charge in [-0.25, -0.2) is 4.79 Å². The zero-order valence-electron chi connectivity index (χ0n) is 19.7. The van der Waals surface area contributed by atoms with Crippen LogP contribution in [0, 0.1) is 11.8 Å². The first-order valence-electron chi connectivity index (χ1n) is 12.6. The molecule has 0 bridgehead atoms. The largest absolute Gasteiger partial charge is 0.481 e. The van der Waals surface area contributed by atoms with Crippen molar-refractivity contribution in [1.82, 2.24) is 10.6 Å². The van der Waals surface area contributed by atoms with Crippen LogP contribution in [0.4, 0.5) is 4.79 Å². The first kappa shape index (κ1) is 23.4. The number of carbonyl (C=O) groups is 3. The first-order valence-corrected chi connectivity index (χ1v) is 12.6. The molecule has 0 spiro atoms. The second kappa shape index (κ2) is 10.1. The van der Waals surface area contributed by atoms with E-state index in [0.717, 1.165) is 36.8 Å². The highest BCUT2D eigenvalue weighted by atomic mass is 16.5. The molecule has 3 aliphatic rings. The summed E-state index contributed by atoms with van der Waals surface area (Å²) in [5.74, 6) is -1.07. The predicted octanol–water partition coefficient (Wildman–Crippen LogP) is 4.45.